The molecular weight excluding hydrogens is 292 g/mol. The minimum atomic E-state index is -1.12. The lowest BCUT2D eigenvalue weighted by atomic mass is 10.1. The maximum atomic E-state index is 10.9. The summed E-state index contributed by atoms with van der Waals surface area (Å²) in [6.07, 6.45) is 4.27. The molecule has 2 heterocycles. The number of rotatable bonds is 1. The van der Waals surface area contributed by atoms with E-state index in [0.717, 1.165) is 28.2 Å². The number of aliphatic imine (C=N–C) groups is 1. The van der Waals surface area contributed by atoms with Crippen LogP contribution in [0.15, 0.2) is 47.7 Å². The number of hydrogen-bond acceptors (Lipinski definition) is 4. The van der Waals surface area contributed by atoms with Crippen LogP contribution < -0.4 is 0 Å². The molecule has 1 aromatic heterocycles. The highest BCUT2D eigenvalue weighted by Gasteiger charge is 2.50. The third-order valence-corrected chi connectivity index (χ3v) is 5.34. The van der Waals surface area contributed by atoms with Crippen LogP contribution in [-0.2, 0) is 12.1 Å². The van der Waals surface area contributed by atoms with Gasteiger partial charge in [0.25, 0.3) is 0 Å². The van der Waals surface area contributed by atoms with Gasteiger partial charge in [-0.15, -0.1) is 0 Å². The third-order valence-electron chi connectivity index (χ3n) is 3.77. The summed E-state index contributed by atoms with van der Waals surface area (Å²) in [5, 5.41) is 12.5. The molecule has 0 amide bonds. The van der Waals surface area contributed by atoms with Crippen LogP contribution in [-0.4, -0.2) is 20.4 Å². The molecule has 2 aromatic rings. The zero-order chi connectivity index (χ0) is 13.7. The van der Waals surface area contributed by atoms with Crippen molar-refractivity contribution in [1.82, 2.24) is 4.98 Å². The van der Waals surface area contributed by atoms with E-state index < -0.39 is 5.72 Å². The Morgan fingerprint density at radius 2 is 2.05 bits per heavy atom. The topological polar surface area (TPSA) is 45.5 Å². The van der Waals surface area contributed by atoms with Crippen LogP contribution in [0.25, 0.3) is 0 Å². The molecule has 2 unspecified atom stereocenters. The van der Waals surface area contributed by atoms with Gasteiger partial charge in [-0.1, -0.05) is 29.4 Å². The van der Waals surface area contributed by atoms with Gasteiger partial charge in [0.05, 0.1) is 5.25 Å². The van der Waals surface area contributed by atoms with Crippen LogP contribution in [0.5, 0.6) is 0 Å². The molecule has 0 radical (unpaired) electrons. The zero-order valence-corrected chi connectivity index (χ0v) is 12.0. The number of pyridine rings is 1. The predicted molar refractivity (Wildman–Crippen MR) is 81.2 cm³/mol. The minimum Gasteiger partial charge on any atom is -0.365 e. The molecule has 1 N–H and O–H groups in total. The number of hydrogen-bond donors (Lipinski definition) is 1. The van der Waals surface area contributed by atoms with E-state index in [-0.39, 0.29) is 5.25 Å². The van der Waals surface area contributed by atoms with Crippen LogP contribution in [0, 0.1) is 0 Å². The van der Waals surface area contributed by atoms with Crippen molar-refractivity contribution < 1.29 is 5.11 Å². The molecule has 2 aliphatic rings. The van der Waals surface area contributed by atoms with Crippen molar-refractivity contribution in [3.63, 3.8) is 0 Å². The Labute approximate surface area is 125 Å². The average Bonchev–Trinajstić information content (AvgIpc) is 2.90. The van der Waals surface area contributed by atoms with Gasteiger partial charge in [0.15, 0.2) is 5.72 Å². The van der Waals surface area contributed by atoms with E-state index in [1.54, 1.807) is 24.2 Å². The lowest BCUT2D eigenvalue weighted by molar-refractivity contribution is 0.0581. The molecule has 0 bridgehead atoms. The zero-order valence-electron chi connectivity index (χ0n) is 10.5. The van der Waals surface area contributed by atoms with Crippen molar-refractivity contribution in [3.8, 4) is 0 Å². The van der Waals surface area contributed by atoms with Crippen molar-refractivity contribution in [2.45, 2.75) is 17.4 Å². The van der Waals surface area contributed by atoms with Gasteiger partial charge in [-0.3, -0.25) is 4.98 Å². The van der Waals surface area contributed by atoms with Crippen LogP contribution in [0.4, 0.5) is 0 Å². The second kappa shape index (κ2) is 4.32. The average molecular weight is 303 g/mol. The maximum Gasteiger partial charge on any atom is 0.196 e. The highest BCUT2D eigenvalue weighted by Crippen LogP contribution is 2.50. The molecule has 0 saturated carbocycles. The first-order valence-corrected chi connectivity index (χ1v) is 7.61. The lowest BCUT2D eigenvalue weighted by Gasteiger charge is -2.19. The number of aliphatic hydroxyl groups is 1. The van der Waals surface area contributed by atoms with Crippen LogP contribution >= 0.6 is 23.4 Å². The molecule has 3 nitrogen and oxygen atoms in total. The molecule has 0 spiro atoms. The van der Waals surface area contributed by atoms with Crippen molar-refractivity contribution in [3.05, 3.63) is 64.4 Å². The molecule has 1 aliphatic heterocycles. The minimum absolute atomic E-state index is 0.0270. The summed E-state index contributed by atoms with van der Waals surface area (Å²) in [7, 11) is 0. The van der Waals surface area contributed by atoms with E-state index in [0.29, 0.717) is 5.02 Å². The summed E-state index contributed by atoms with van der Waals surface area (Å²) in [5.74, 6) is 0. The van der Waals surface area contributed by atoms with Crippen molar-refractivity contribution in [1.29, 1.82) is 0 Å². The Morgan fingerprint density at radius 1 is 1.25 bits per heavy atom. The summed E-state index contributed by atoms with van der Waals surface area (Å²) in [6, 6.07) is 9.45. The number of benzene rings is 1. The summed E-state index contributed by atoms with van der Waals surface area (Å²) < 4.78 is 0. The Kier molecular flexibility index (Phi) is 2.67. The van der Waals surface area contributed by atoms with Gasteiger partial charge in [0.2, 0.25) is 0 Å². The number of aromatic nitrogens is 1. The number of nitrogens with zero attached hydrogens (tertiary/aromatic N) is 2. The summed E-state index contributed by atoms with van der Waals surface area (Å²) in [6.45, 7) is 0. The SMILES string of the molecule is OC12N=C(c3ccncc3)SC1Cc1cc(Cl)ccc12. The number of thioether (sulfide) groups is 1. The molecule has 0 fully saturated rings. The quantitative estimate of drug-likeness (QED) is 0.881. The monoisotopic (exact) mass is 302 g/mol. The van der Waals surface area contributed by atoms with Gasteiger partial charge in [-0.05, 0) is 36.2 Å². The number of halogens is 1. The lowest BCUT2D eigenvalue weighted by Crippen LogP contribution is -2.27. The summed E-state index contributed by atoms with van der Waals surface area (Å²) in [5.41, 5.74) is 1.85. The molecule has 1 aliphatic carbocycles. The molecule has 1 aromatic carbocycles. The molecular formula is C15H11ClN2OS. The van der Waals surface area contributed by atoms with Crippen LogP contribution in [0.1, 0.15) is 16.7 Å². The molecule has 0 saturated heterocycles. The maximum absolute atomic E-state index is 10.9. The Morgan fingerprint density at radius 3 is 2.85 bits per heavy atom. The van der Waals surface area contributed by atoms with Gasteiger partial charge in [-0.2, -0.15) is 0 Å². The normalized spacial score (nSPS) is 27.1. The highest BCUT2D eigenvalue weighted by molar-refractivity contribution is 8.15. The molecule has 4 rings (SSSR count). The largest absolute Gasteiger partial charge is 0.365 e. The fourth-order valence-electron chi connectivity index (χ4n) is 2.80. The predicted octanol–water partition coefficient (Wildman–Crippen LogP) is 3.00. The first kappa shape index (κ1) is 12.4. The van der Waals surface area contributed by atoms with E-state index in [1.807, 2.05) is 30.3 Å². The van der Waals surface area contributed by atoms with Gasteiger partial charge in [-0.25, -0.2) is 4.99 Å². The smallest absolute Gasteiger partial charge is 0.196 e. The summed E-state index contributed by atoms with van der Waals surface area (Å²) >= 11 is 7.64. The van der Waals surface area contributed by atoms with Gasteiger partial charge >= 0.3 is 0 Å². The van der Waals surface area contributed by atoms with Gasteiger partial charge < -0.3 is 5.11 Å². The van der Waals surface area contributed by atoms with Crippen LogP contribution in [0.3, 0.4) is 0 Å². The molecule has 100 valence electrons. The van der Waals surface area contributed by atoms with E-state index >= 15 is 0 Å². The van der Waals surface area contributed by atoms with E-state index in [9.17, 15) is 5.11 Å². The fraction of sp³-hybridized carbons (Fsp3) is 0.200. The van der Waals surface area contributed by atoms with Crippen molar-refractivity contribution in [2.24, 2.45) is 4.99 Å². The second-order valence-corrected chi connectivity index (χ2v) is 6.62. The summed E-state index contributed by atoms with van der Waals surface area (Å²) in [4.78, 5) is 8.60. The third kappa shape index (κ3) is 1.72. The first-order chi connectivity index (χ1) is 9.67. The standard InChI is InChI=1S/C15H11ClN2OS/c16-11-1-2-12-10(7-11)8-13-15(12,19)18-14(20-13)9-3-5-17-6-4-9/h1-7,13,19H,8H2. The first-order valence-electron chi connectivity index (χ1n) is 6.35. The Hall–Kier alpha value is -1.36. The molecule has 20 heavy (non-hydrogen) atoms. The van der Waals surface area contributed by atoms with E-state index in [1.165, 1.54) is 0 Å². The highest BCUT2D eigenvalue weighted by atomic mass is 35.5. The van der Waals surface area contributed by atoms with E-state index in [2.05, 4.69) is 9.98 Å². The Bertz CT molecular complexity index is 719. The van der Waals surface area contributed by atoms with Gasteiger partial charge in [0, 0.05) is 28.5 Å². The van der Waals surface area contributed by atoms with Crippen molar-refractivity contribution >= 4 is 28.4 Å². The van der Waals surface area contributed by atoms with E-state index in [4.69, 9.17) is 11.6 Å². The Balaban J connectivity index is 1.80. The molecule has 2 atom stereocenters. The van der Waals surface area contributed by atoms with Crippen LogP contribution in [0.2, 0.25) is 5.02 Å². The fourth-order valence-corrected chi connectivity index (χ4v) is 4.34. The molecule has 5 heteroatoms. The van der Waals surface area contributed by atoms with Gasteiger partial charge in [0.1, 0.15) is 5.04 Å². The van der Waals surface area contributed by atoms with Crippen molar-refractivity contribution in [2.75, 3.05) is 0 Å². The number of fused-ring (bicyclic) bond motifs is 3. The second-order valence-electron chi connectivity index (χ2n) is 4.99.